The van der Waals surface area contributed by atoms with Gasteiger partial charge in [0.2, 0.25) is 0 Å². The SMILES string of the molecule is Cc1cccc(C)c1NC(=O)c1cncc(NCC(C)C)c1. The summed E-state index contributed by atoms with van der Waals surface area (Å²) in [5.41, 5.74) is 4.39. The lowest BCUT2D eigenvalue weighted by Gasteiger charge is -2.12. The van der Waals surface area contributed by atoms with Crippen molar-refractivity contribution in [3.05, 3.63) is 53.3 Å². The Bertz CT molecular complexity index is 645. The zero-order chi connectivity index (χ0) is 16.1. The molecule has 0 aliphatic rings. The summed E-state index contributed by atoms with van der Waals surface area (Å²) in [6.07, 6.45) is 3.32. The summed E-state index contributed by atoms with van der Waals surface area (Å²) in [6.45, 7) is 9.10. The van der Waals surface area contributed by atoms with Crippen molar-refractivity contribution in [3.63, 3.8) is 0 Å². The first-order valence-corrected chi connectivity index (χ1v) is 7.54. The second-order valence-electron chi connectivity index (χ2n) is 5.96. The molecule has 116 valence electrons. The molecule has 0 fully saturated rings. The van der Waals surface area contributed by atoms with Gasteiger partial charge in [0, 0.05) is 24.6 Å². The summed E-state index contributed by atoms with van der Waals surface area (Å²) in [7, 11) is 0. The van der Waals surface area contributed by atoms with E-state index in [2.05, 4.69) is 29.5 Å². The molecule has 1 heterocycles. The lowest BCUT2D eigenvalue weighted by molar-refractivity contribution is 0.102. The second-order valence-corrected chi connectivity index (χ2v) is 5.96. The molecular weight excluding hydrogens is 274 g/mol. The molecule has 22 heavy (non-hydrogen) atoms. The number of amides is 1. The first kappa shape index (κ1) is 16.0. The number of hydrogen-bond acceptors (Lipinski definition) is 3. The van der Waals surface area contributed by atoms with E-state index in [9.17, 15) is 4.79 Å². The third kappa shape index (κ3) is 4.07. The van der Waals surface area contributed by atoms with E-state index in [-0.39, 0.29) is 5.91 Å². The molecule has 2 aromatic rings. The number of aryl methyl sites for hydroxylation is 2. The molecule has 0 spiro atoms. The molecule has 0 saturated carbocycles. The Balaban J connectivity index is 2.14. The minimum Gasteiger partial charge on any atom is -0.384 e. The minimum absolute atomic E-state index is 0.141. The summed E-state index contributed by atoms with van der Waals surface area (Å²) in [4.78, 5) is 16.6. The van der Waals surface area contributed by atoms with Crippen molar-refractivity contribution >= 4 is 17.3 Å². The van der Waals surface area contributed by atoms with E-state index in [1.807, 2.05) is 38.1 Å². The number of para-hydroxylation sites is 1. The van der Waals surface area contributed by atoms with Gasteiger partial charge < -0.3 is 10.6 Å². The zero-order valence-corrected chi connectivity index (χ0v) is 13.6. The van der Waals surface area contributed by atoms with Gasteiger partial charge in [0.25, 0.3) is 5.91 Å². The van der Waals surface area contributed by atoms with Gasteiger partial charge in [-0.25, -0.2) is 0 Å². The fourth-order valence-electron chi connectivity index (χ4n) is 2.18. The number of rotatable bonds is 5. The third-order valence-electron chi connectivity index (χ3n) is 3.43. The fourth-order valence-corrected chi connectivity index (χ4v) is 2.18. The molecule has 0 unspecified atom stereocenters. The van der Waals surface area contributed by atoms with E-state index in [4.69, 9.17) is 0 Å². The Hall–Kier alpha value is -2.36. The van der Waals surface area contributed by atoms with Gasteiger partial charge in [0.05, 0.1) is 11.3 Å². The number of nitrogens with one attached hydrogen (secondary N) is 2. The lowest BCUT2D eigenvalue weighted by Crippen LogP contribution is -2.15. The molecule has 1 aromatic carbocycles. The average Bonchev–Trinajstić information content (AvgIpc) is 2.49. The predicted molar refractivity (Wildman–Crippen MR) is 91.4 cm³/mol. The summed E-state index contributed by atoms with van der Waals surface area (Å²) < 4.78 is 0. The maximum absolute atomic E-state index is 12.4. The predicted octanol–water partition coefficient (Wildman–Crippen LogP) is 4.02. The van der Waals surface area contributed by atoms with Crippen molar-refractivity contribution in [2.24, 2.45) is 5.92 Å². The molecule has 0 atom stereocenters. The number of carbonyl (C=O) groups excluding carboxylic acids is 1. The quantitative estimate of drug-likeness (QED) is 0.876. The number of pyridine rings is 1. The van der Waals surface area contributed by atoms with Crippen molar-refractivity contribution in [2.45, 2.75) is 27.7 Å². The van der Waals surface area contributed by atoms with Crippen LogP contribution < -0.4 is 10.6 Å². The highest BCUT2D eigenvalue weighted by atomic mass is 16.1. The number of anilines is 2. The van der Waals surface area contributed by atoms with Gasteiger partial charge in [0.1, 0.15) is 0 Å². The van der Waals surface area contributed by atoms with Gasteiger partial charge in [-0.05, 0) is 37.0 Å². The van der Waals surface area contributed by atoms with Crippen molar-refractivity contribution in [2.75, 3.05) is 17.2 Å². The zero-order valence-electron chi connectivity index (χ0n) is 13.6. The Morgan fingerprint density at radius 3 is 2.50 bits per heavy atom. The summed E-state index contributed by atoms with van der Waals surface area (Å²) in [5, 5.41) is 6.26. The van der Waals surface area contributed by atoms with E-state index in [1.165, 1.54) is 0 Å². The normalized spacial score (nSPS) is 10.6. The minimum atomic E-state index is -0.141. The lowest BCUT2D eigenvalue weighted by atomic mass is 10.1. The number of carbonyl (C=O) groups is 1. The van der Waals surface area contributed by atoms with Gasteiger partial charge in [0.15, 0.2) is 0 Å². The fraction of sp³-hybridized carbons (Fsp3) is 0.333. The van der Waals surface area contributed by atoms with Crippen LogP contribution in [0.1, 0.15) is 35.3 Å². The van der Waals surface area contributed by atoms with Gasteiger partial charge in [-0.2, -0.15) is 0 Å². The molecular formula is C18H23N3O. The Morgan fingerprint density at radius 2 is 1.86 bits per heavy atom. The van der Waals surface area contributed by atoms with Crippen molar-refractivity contribution in [3.8, 4) is 0 Å². The molecule has 0 aliphatic carbocycles. The van der Waals surface area contributed by atoms with Gasteiger partial charge in [-0.1, -0.05) is 32.0 Å². The van der Waals surface area contributed by atoms with Crippen LogP contribution in [0.25, 0.3) is 0 Å². The molecule has 4 heteroatoms. The van der Waals surface area contributed by atoms with Gasteiger partial charge in [-0.15, -0.1) is 0 Å². The van der Waals surface area contributed by atoms with Crippen LogP contribution in [0.15, 0.2) is 36.7 Å². The number of aromatic nitrogens is 1. The van der Waals surface area contributed by atoms with Gasteiger partial charge in [-0.3, -0.25) is 9.78 Å². The van der Waals surface area contributed by atoms with Crippen LogP contribution in [0.5, 0.6) is 0 Å². The highest BCUT2D eigenvalue weighted by molar-refractivity contribution is 6.05. The average molecular weight is 297 g/mol. The monoisotopic (exact) mass is 297 g/mol. The van der Waals surface area contributed by atoms with E-state index >= 15 is 0 Å². The molecule has 0 bridgehead atoms. The van der Waals surface area contributed by atoms with Crippen LogP contribution in [0.3, 0.4) is 0 Å². The van der Waals surface area contributed by atoms with Crippen molar-refractivity contribution in [1.82, 2.24) is 4.98 Å². The largest absolute Gasteiger partial charge is 0.384 e. The molecule has 2 N–H and O–H groups in total. The molecule has 4 nitrogen and oxygen atoms in total. The highest BCUT2D eigenvalue weighted by Crippen LogP contribution is 2.20. The molecule has 2 rings (SSSR count). The number of nitrogens with zero attached hydrogens (tertiary/aromatic N) is 1. The van der Waals surface area contributed by atoms with Crippen LogP contribution in [0.4, 0.5) is 11.4 Å². The van der Waals surface area contributed by atoms with Crippen LogP contribution >= 0.6 is 0 Å². The van der Waals surface area contributed by atoms with Crippen LogP contribution in [0.2, 0.25) is 0 Å². The molecule has 1 amide bonds. The Labute approximate surface area is 132 Å². The van der Waals surface area contributed by atoms with Crippen LogP contribution in [-0.2, 0) is 0 Å². The topological polar surface area (TPSA) is 54.0 Å². The first-order valence-electron chi connectivity index (χ1n) is 7.54. The smallest absolute Gasteiger partial charge is 0.257 e. The first-order chi connectivity index (χ1) is 10.5. The highest BCUT2D eigenvalue weighted by Gasteiger charge is 2.10. The second kappa shape index (κ2) is 7.07. The van der Waals surface area contributed by atoms with E-state index < -0.39 is 0 Å². The standard InChI is InChI=1S/C18H23N3O/c1-12(2)9-20-16-8-15(10-19-11-16)18(22)21-17-13(3)6-5-7-14(17)4/h5-8,10-12,20H,9H2,1-4H3,(H,21,22). The summed E-state index contributed by atoms with van der Waals surface area (Å²) in [5.74, 6) is 0.394. The van der Waals surface area contributed by atoms with Crippen LogP contribution in [-0.4, -0.2) is 17.4 Å². The third-order valence-corrected chi connectivity index (χ3v) is 3.43. The van der Waals surface area contributed by atoms with E-state index in [1.54, 1.807) is 12.4 Å². The Morgan fingerprint density at radius 1 is 1.18 bits per heavy atom. The van der Waals surface area contributed by atoms with Crippen molar-refractivity contribution in [1.29, 1.82) is 0 Å². The molecule has 0 aliphatic heterocycles. The number of benzene rings is 1. The summed E-state index contributed by atoms with van der Waals surface area (Å²) in [6, 6.07) is 7.79. The van der Waals surface area contributed by atoms with Crippen molar-refractivity contribution < 1.29 is 4.79 Å². The maximum Gasteiger partial charge on any atom is 0.257 e. The number of hydrogen-bond donors (Lipinski definition) is 2. The molecule has 1 aromatic heterocycles. The van der Waals surface area contributed by atoms with Crippen LogP contribution in [0, 0.1) is 19.8 Å². The van der Waals surface area contributed by atoms with Gasteiger partial charge >= 0.3 is 0 Å². The molecule has 0 radical (unpaired) electrons. The van der Waals surface area contributed by atoms with E-state index in [0.717, 1.165) is 29.0 Å². The van der Waals surface area contributed by atoms with E-state index in [0.29, 0.717) is 11.5 Å². The summed E-state index contributed by atoms with van der Waals surface area (Å²) >= 11 is 0. The molecule has 0 saturated heterocycles. The Kier molecular flexibility index (Phi) is 5.15. The maximum atomic E-state index is 12.4.